The van der Waals surface area contributed by atoms with Crippen molar-refractivity contribution in [2.24, 2.45) is 0 Å². The van der Waals surface area contributed by atoms with Crippen LogP contribution >= 0.6 is 23.2 Å². The van der Waals surface area contributed by atoms with E-state index in [9.17, 15) is 4.79 Å². The summed E-state index contributed by atoms with van der Waals surface area (Å²) in [5.74, 6) is -1.05. The molecular weight excluding hydrogens is 227 g/mol. The monoisotopic (exact) mass is 230 g/mol. The molecule has 0 unspecified atom stereocenters. The van der Waals surface area contributed by atoms with Crippen molar-refractivity contribution < 1.29 is 9.90 Å². The lowest BCUT2D eigenvalue weighted by molar-refractivity contribution is 0.0691. The first-order chi connectivity index (χ1) is 6.58. The SMILES string of the molecule is O=C(O)c1cc2c(Cl)nc(Cl)cc2[nH]1. The summed E-state index contributed by atoms with van der Waals surface area (Å²) < 4.78 is 0. The fourth-order valence-corrected chi connectivity index (χ4v) is 1.66. The highest BCUT2D eigenvalue weighted by Gasteiger charge is 2.11. The zero-order chi connectivity index (χ0) is 10.3. The van der Waals surface area contributed by atoms with Gasteiger partial charge in [-0.25, -0.2) is 9.78 Å². The van der Waals surface area contributed by atoms with E-state index >= 15 is 0 Å². The largest absolute Gasteiger partial charge is 0.477 e. The molecule has 2 aromatic rings. The van der Waals surface area contributed by atoms with Gasteiger partial charge < -0.3 is 10.1 Å². The van der Waals surface area contributed by atoms with Crippen LogP contribution in [-0.2, 0) is 0 Å². The third-order valence-corrected chi connectivity index (χ3v) is 2.25. The van der Waals surface area contributed by atoms with Crippen LogP contribution < -0.4 is 0 Å². The van der Waals surface area contributed by atoms with Gasteiger partial charge in [0.1, 0.15) is 16.0 Å². The smallest absolute Gasteiger partial charge is 0.352 e. The van der Waals surface area contributed by atoms with E-state index in [0.717, 1.165) is 0 Å². The van der Waals surface area contributed by atoms with Crippen LogP contribution in [0.2, 0.25) is 10.3 Å². The van der Waals surface area contributed by atoms with Crippen molar-refractivity contribution in [3.63, 3.8) is 0 Å². The summed E-state index contributed by atoms with van der Waals surface area (Å²) in [6.07, 6.45) is 0. The van der Waals surface area contributed by atoms with E-state index in [-0.39, 0.29) is 16.0 Å². The number of aromatic nitrogens is 2. The molecule has 0 amide bonds. The first kappa shape index (κ1) is 9.30. The fraction of sp³-hybridized carbons (Fsp3) is 0. The Bertz CT molecular complexity index is 521. The molecular formula is C8H4Cl2N2O2. The molecule has 2 heterocycles. The summed E-state index contributed by atoms with van der Waals surface area (Å²) >= 11 is 11.4. The summed E-state index contributed by atoms with van der Waals surface area (Å²) in [6.45, 7) is 0. The second-order valence-electron chi connectivity index (χ2n) is 2.69. The Hall–Kier alpha value is -1.26. The number of aromatic amines is 1. The first-order valence-electron chi connectivity index (χ1n) is 3.66. The molecule has 0 bridgehead atoms. The minimum atomic E-state index is -1.05. The van der Waals surface area contributed by atoms with Crippen LogP contribution in [0, 0.1) is 0 Å². The topological polar surface area (TPSA) is 66.0 Å². The Morgan fingerprint density at radius 1 is 1.43 bits per heavy atom. The van der Waals surface area contributed by atoms with Crippen molar-refractivity contribution in [3.8, 4) is 0 Å². The van der Waals surface area contributed by atoms with Crippen molar-refractivity contribution >= 4 is 40.1 Å². The minimum Gasteiger partial charge on any atom is -0.477 e. The van der Waals surface area contributed by atoms with Gasteiger partial charge in [0.25, 0.3) is 0 Å². The molecule has 0 fully saturated rings. The highest BCUT2D eigenvalue weighted by atomic mass is 35.5. The lowest BCUT2D eigenvalue weighted by atomic mass is 10.3. The van der Waals surface area contributed by atoms with Crippen LogP contribution in [0.4, 0.5) is 0 Å². The maximum atomic E-state index is 10.6. The van der Waals surface area contributed by atoms with E-state index in [4.69, 9.17) is 28.3 Å². The standard InChI is InChI=1S/C8H4Cl2N2O2/c9-6-2-4-3(7(10)12-6)1-5(11-4)8(13)14/h1-2,11H,(H,13,14). The number of rotatable bonds is 1. The molecule has 2 N–H and O–H groups in total. The van der Waals surface area contributed by atoms with Crippen molar-refractivity contribution in [2.45, 2.75) is 0 Å². The molecule has 0 saturated heterocycles. The number of carboxylic acid groups (broad SMARTS) is 1. The summed E-state index contributed by atoms with van der Waals surface area (Å²) in [6, 6.07) is 2.94. The molecule has 2 aromatic heterocycles. The van der Waals surface area contributed by atoms with Crippen LogP contribution in [0.25, 0.3) is 10.9 Å². The highest BCUT2D eigenvalue weighted by Crippen LogP contribution is 2.25. The number of H-pyrrole nitrogens is 1. The Balaban J connectivity index is 2.76. The maximum absolute atomic E-state index is 10.6. The van der Waals surface area contributed by atoms with Gasteiger partial charge in [0.05, 0.1) is 5.52 Å². The van der Waals surface area contributed by atoms with Crippen LogP contribution in [-0.4, -0.2) is 21.0 Å². The highest BCUT2D eigenvalue weighted by molar-refractivity contribution is 6.36. The zero-order valence-corrected chi connectivity index (χ0v) is 8.23. The van der Waals surface area contributed by atoms with Gasteiger partial charge in [-0.3, -0.25) is 0 Å². The third-order valence-electron chi connectivity index (χ3n) is 1.77. The average Bonchev–Trinajstić information content (AvgIpc) is 2.47. The number of hydrogen-bond donors (Lipinski definition) is 2. The van der Waals surface area contributed by atoms with Gasteiger partial charge in [-0.05, 0) is 12.1 Å². The molecule has 0 saturated carbocycles. The quantitative estimate of drug-likeness (QED) is 0.741. The predicted octanol–water partition coefficient (Wildman–Crippen LogP) is 2.57. The zero-order valence-electron chi connectivity index (χ0n) is 6.71. The van der Waals surface area contributed by atoms with Crippen molar-refractivity contribution in [1.29, 1.82) is 0 Å². The Kier molecular flexibility index (Phi) is 2.09. The van der Waals surface area contributed by atoms with Gasteiger partial charge in [-0.15, -0.1) is 0 Å². The van der Waals surface area contributed by atoms with Gasteiger partial charge in [0.2, 0.25) is 0 Å². The number of hydrogen-bond acceptors (Lipinski definition) is 2. The van der Waals surface area contributed by atoms with Crippen molar-refractivity contribution in [2.75, 3.05) is 0 Å². The predicted molar refractivity (Wildman–Crippen MR) is 53.1 cm³/mol. The second-order valence-corrected chi connectivity index (χ2v) is 3.43. The Morgan fingerprint density at radius 2 is 2.14 bits per heavy atom. The summed E-state index contributed by atoms with van der Waals surface area (Å²) in [4.78, 5) is 17.1. The van der Waals surface area contributed by atoms with E-state index in [0.29, 0.717) is 10.9 Å². The van der Waals surface area contributed by atoms with Gasteiger partial charge in [-0.2, -0.15) is 0 Å². The lowest BCUT2D eigenvalue weighted by Gasteiger charge is -1.93. The molecule has 0 aromatic carbocycles. The van der Waals surface area contributed by atoms with Crippen LogP contribution in [0.1, 0.15) is 10.5 Å². The minimum absolute atomic E-state index is 0.0611. The number of fused-ring (bicyclic) bond motifs is 1. The van der Waals surface area contributed by atoms with Gasteiger partial charge >= 0.3 is 5.97 Å². The lowest BCUT2D eigenvalue weighted by Crippen LogP contribution is -1.94. The normalized spacial score (nSPS) is 10.7. The molecule has 4 nitrogen and oxygen atoms in total. The molecule has 2 rings (SSSR count). The van der Waals surface area contributed by atoms with E-state index in [1.54, 1.807) is 0 Å². The van der Waals surface area contributed by atoms with Gasteiger partial charge in [0, 0.05) is 5.39 Å². The van der Waals surface area contributed by atoms with Crippen molar-refractivity contribution in [3.05, 3.63) is 28.1 Å². The number of carboxylic acids is 1. The number of aromatic carboxylic acids is 1. The van der Waals surface area contributed by atoms with Gasteiger partial charge in [-0.1, -0.05) is 23.2 Å². The van der Waals surface area contributed by atoms with Crippen LogP contribution in [0.5, 0.6) is 0 Å². The first-order valence-corrected chi connectivity index (χ1v) is 4.41. The van der Waals surface area contributed by atoms with Crippen LogP contribution in [0.15, 0.2) is 12.1 Å². The summed E-state index contributed by atoms with van der Waals surface area (Å²) in [5, 5.41) is 9.68. The number of halogens is 2. The molecule has 0 aliphatic heterocycles. The maximum Gasteiger partial charge on any atom is 0.352 e. The van der Waals surface area contributed by atoms with E-state index in [2.05, 4.69) is 9.97 Å². The van der Waals surface area contributed by atoms with E-state index in [1.807, 2.05) is 0 Å². The van der Waals surface area contributed by atoms with E-state index in [1.165, 1.54) is 12.1 Å². The fourth-order valence-electron chi connectivity index (χ4n) is 1.18. The number of nitrogens with zero attached hydrogens (tertiary/aromatic N) is 1. The Labute approximate surface area is 88.5 Å². The molecule has 6 heteroatoms. The molecule has 0 spiro atoms. The summed E-state index contributed by atoms with van der Waals surface area (Å²) in [7, 11) is 0. The molecule has 14 heavy (non-hydrogen) atoms. The van der Waals surface area contributed by atoms with E-state index < -0.39 is 5.97 Å². The second kappa shape index (κ2) is 3.15. The Morgan fingerprint density at radius 3 is 2.79 bits per heavy atom. The molecule has 0 atom stereocenters. The average molecular weight is 231 g/mol. The number of nitrogens with one attached hydrogen (secondary N) is 1. The van der Waals surface area contributed by atoms with Gasteiger partial charge in [0.15, 0.2) is 0 Å². The number of carbonyl (C=O) groups is 1. The molecule has 0 radical (unpaired) electrons. The summed E-state index contributed by atoms with van der Waals surface area (Å²) in [5.41, 5.74) is 0.623. The third kappa shape index (κ3) is 1.42. The van der Waals surface area contributed by atoms with Crippen LogP contribution in [0.3, 0.4) is 0 Å². The molecule has 0 aliphatic carbocycles. The molecule has 72 valence electrons. The van der Waals surface area contributed by atoms with Crippen molar-refractivity contribution in [1.82, 2.24) is 9.97 Å². The molecule has 0 aliphatic rings. The number of pyridine rings is 1.